The predicted octanol–water partition coefficient (Wildman–Crippen LogP) is 6.50. The lowest BCUT2D eigenvalue weighted by molar-refractivity contribution is -0.124. The first-order chi connectivity index (χ1) is 17.7. The number of aryl methyl sites for hydroxylation is 1. The molecule has 0 unspecified atom stereocenters. The van der Waals surface area contributed by atoms with E-state index in [1.54, 1.807) is 12.1 Å². The summed E-state index contributed by atoms with van der Waals surface area (Å²) < 4.78 is 2.09. The Morgan fingerprint density at radius 3 is 2.46 bits per heavy atom. The second-order valence-electron chi connectivity index (χ2n) is 9.73. The molecule has 198 valence electrons. The fourth-order valence-corrected chi connectivity index (χ4v) is 5.01. The van der Waals surface area contributed by atoms with E-state index in [1.807, 2.05) is 36.4 Å². The summed E-state index contributed by atoms with van der Waals surface area (Å²) in [5, 5.41) is 13.0. The molecule has 2 N–H and O–H groups in total. The van der Waals surface area contributed by atoms with Gasteiger partial charge in [-0.25, -0.2) is 9.78 Å². The monoisotopic (exact) mass is 541 g/mol. The molecule has 1 aromatic heterocycles. The highest BCUT2D eigenvalue weighted by Crippen LogP contribution is 2.26. The summed E-state index contributed by atoms with van der Waals surface area (Å²) in [6.45, 7) is 7.18. The largest absolute Gasteiger partial charge is 0.478 e. The number of hydrogen-bond donors (Lipinski definition) is 3. The quantitative estimate of drug-likeness (QED) is 0.216. The van der Waals surface area contributed by atoms with Gasteiger partial charge >= 0.3 is 5.97 Å². The Bertz CT molecular complexity index is 1210. The number of carboxylic acid groups (broad SMARTS) is 1. The van der Waals surface area contributed by atoms with E-state index < -0.39 is 5.97 Å². The fourth-order valence-electron chi connectivity index (χ4n) is 4.43. The first kappa shape index (κ1) is 28.8. The van der Waals surface area contributed by atoms with Crippen molar-refractivity contribution in [1.29, 1.82) is 0 Å². The number of halogens is 1. The molecule has 3 aromatic rings. The minimum atomic E-state index is -0.950. The van der Waals surface area contributed by atoms with Gasteiger partial charge in [0.25, 0.3) is 0 Å². The number of carbonyl (C=O) groups is 2. The van der Waals surface area contributed by atoms with Crippen LogP contribution < -0.4 is 5.32 Å². The van der Waals surface area contributed by atoms with Gasteiger partial charge < -0.3 is 15.0 Å². The molecular weight excluding hydrogens is 506 g/mol. The molecule has 6 nitrogen and oxygen atoms in total. The number of nitrogens with one attached hydrogen (secondary N) is 1. The molecule has 0 spiro atoms. The summed E-state index contributed by atoms with van der Waals surface area (Å²) >= 11 is 10.9. The Hall–Kier alpha value is -2.77. The molecule has 0 saturated heterocycles. The fraction of sp³-hybridized carbons (Fsp3) is 0.414. The summed E-state index contributed by atoms with van der Waals surface area (Å²) in [5.41, 5.74) is 3.60. The Kier molecular flexibility index (Phi) is 10.6. The summed E-state index contributed by atoms with van der Waals surface area (Å²) in [5.74, 6) is 0.667. The number of amides is 1. The number of rotatable bonds is 13. The van der Waals surface area contributed by atoms with Crippen molar-refractivity contribution < 1.29 is 14.7 Å². The zero-order chi connectivity index (χ0) is 26.9. The highest BCUT2D eigenvalue weighted by Gasteiger charge is 2.21. The molecule has 8 heteroatoms. The second-order valence-corrected chi connectivity index (χ2v) is 10.5. The molecule has 0 aliphatic heterocycles. The van der Waals surface area contributed by atoms with E-state index in [0.717, 1.165) is 48.3 Å². The van der Waals surface area contributed by atoms with Crippen LogP contribution in [0, 0.1) is 11.8 Å². The first-order valence-corrected chi connectivity index (χ1v) is 13.8. The molecule has 0 aliphatic carbocycles. The van der Waals surface area contributed by atoms with E-state index in [0.29, 0.717) is 35.5 Å². The van der Waals surface area contributed by atoms with Crippen LogP contribution in [-0.2, 0) is 24.3 Å². The SMILES string of the molecule is CCCCc1nc(Cl)c(CNC(=O)[C@H](CS)CC(C)C)n1Cc1ccc(-c2ccccc2C(=O)O)cc1. The van der Waals surface area contributed by atoms with Gasteiger partial charge in [-0.2, -0.15) is 12.6 Å². The van der Waals surface area contributed by atoms with Crippen molar-refractivity contribution in [2.45, 2.75) is 59.5 Å². The van der Waals surface area contributed by atoms with Gasteiger partial charge in [0, 0.05) is 24.6 Å². The van der Waals surface area contributed by atoms with Crippen LogP contribution in [0.4, 0.5) is 0 Å². The average molecular weight is 542 g/mol. The number of hydrogen-bond acceptors (Lipinski definition) is 4. The highest BCUT2D eigenvalue weighted by molar-refractivity contribution is 7.80. The summed E-state index contributed by atoms with van der Waals surface area (Å²) in [6, 6.07) is 14.8. The van der Waals surface area contributed by atoms with E-state index in [2.05, 4.69) is 48.3 Å². The van der Waals surface area contributed by atoms with Crippen LogP contribution in [0.3, 0.4) is 0 Å². The summed E-state index contributed by atoms with van der Waals surface area (Å²) in [4.78, 5) is 29.1. The molecular formula is C29H36ClN3O3S. The third kappa shape index (κ3) is 7.62. The van der Waals surface area contributed by atoms with E-state index in [9.17, 15) is 14.7 Å². The van der Waals surface area contributed by atoms with Gasteiger partial charge in [0.05, 0.1) is 17.8 Å². The van der Waals surface area contributed by atoms with Crippen LogP contribution in [0.2, 0.25) is 5.15 Å². The third-order valence-electron chi connectivity index (χ3n) is 6.40. The number of nitrogens with zero attached hydrogens (tertiary/aromatic N) is 2. The number of aromatic carboxylic acids is 1. The Balaban J connectivity index is 1.85. The molecule has 0 saturated carbocycles. The smallest absolute Gasteiger partial charge is 0.336 e. The van der Waals surface area contributed by atoms with Crippen LogP contribution in [0.5, 0.6) is 0 Å². The minimum absolute atomic E-state index is 0.0240. The maximum absolute atomic E-state index is 12.8. The molecule has 0 fully saturated rings. The Morgan fingerprint density at radius 2 is 1.84 bits per heavy atom. The number of thiol groups is 1. The predicted molar refractivity (Wildman–Crippen MR) is 152 cm³/mol. The molecule has 0 radical (unpaired) electrons. The molecule has 37 heavy (non-hydrogen) atoms. The first-order valence-electron chi connectivity index (χ1n) is 12.8. The molecule has 1 heterocycles. The van der Waals surface area contributed by atoms with Gasteiger partial charge in [-0.1, -0.05) is 81.3 Å². The minimum Gasteiger partial charge on any atom is -0.478 e. The lowest BCUT2D eigenvalue weighted by Crippen LogP contribution is -2.33. The molecule has 3 rings (SSSR count). The summed E-state index contributed by atoms with van der Waals surface area (Å²) in [7, 11) is 0. The molecule has 2 aromatic carbocycles. The van der Waals surface area contributed by atoms with E-state index in [4.69, 9.17) is 11.6 Å². The normalized spacial score (nSPS) is 12.1. The third-order valence-corrected chi connectivity index (χ3v) is 7.14. The van der Waals surface area contributed by atoms with Crippen LogP contribution >= 0.6 is 24.2 Å². The standard InChI is InChI=1S/C29H36ClN3O3S/c1-4-5-10-26-32-27(30)25(16-31-28(34)22(18-37)15-19(2)3)33(26)17-20-11-13-21(14-12-20)23-8-6-7-9-24(23)29(35)36/h6-9,11-14,19,22,37H,4-5,10,15-18H2,1-3H3,(H,31,34)(H,35,36)/t22-/m0/s1. The van der Waals surface area contributed by atoms with Gasteiger partial charge in [0.15, 0.2) is 5.15 Å². The van der Waals surface area contributed by atoms with Crippen LogP contribution in [-0.4, -0.2) is 32.3 Å². The van der Waals surface area contributed by atoms with Crippen molar-refractivity contribution >= 4 is 36.1 Å². The number of benzene rings is 2. The van der Waals surface area contributed by atoms with Gasteiger partial charge in [-0.05, 0) is 41.5 Å². The van der Waals surface area contributed by atoms with Crippen LogP contribution in [0.25, 0.3) is 11.1 Å². The van der Waals surface area contributed by atoms with Gasteiger partial charge in [-0.3, -0.25) is 4.79 Å². The lowest BCUT2D eigenvalue weighted by Gasteiger charge is -2.18. The van der Waals surface area contributed by atoms with E-state index >= 15 is 0 Å². The van der Waals surface area contributed by atoms with Crippen molar-refractivity contribution in [1.82, 2.24) is 14.9 Å². The zero-order valence-corrected chi connectivity index (χ0v) is 23.4. The van der Waals surface area contributed by atoms with Crippen molar-refractivity contribution in [2.24, 2.45) is 11.8 Å². The number of unbranched alkanes of at least 4 members (excludes halogenated alkanes) is 1. The van der Waals surface area contributed by atoms with E-state index in [1.165, 1.54) is 0 Å². The van der Waals surface area contributed by atoms with E-state index in [-0.39, 0.29) is 17.4 Å². The molecule has 1 amide bonds. The average Bonchev–Trinajstić information content (AvgIpc) is 3.18. The van der Waals surface area contributed by atoms with Crippen molar-refractivity contribution in [2.75, 3.05) is 5.75 Å². The molecule has 0 aliphatic rings. The number of aromatic nitrogens is 2. The number of carboxylic acids is 1. The summed E-state index contributed by atoms with van der Waals surface area (Å²) in [6.07, 6.45) is 3.59. The Labute approximate surface area is 229 Å². The molecule has 0 bridgehead atoms. The number of carbonyl (C=O) groups excluding carboxylic acids is 1. The maximum Gasteiger partial charge on any atom is 0.336 e. The van der Waals surface area contributed by atoms with Crippen LogP contribution in [0.1, 0.15) is 67.5 Å². The van der Waals surface area contributed by atoms with Gasteiger partial charge in [-0.15, -0.1) is 0 Å². The molecule has 1 atom stereocenters. The van der Waals surface area contributed by atoms with Crippen molar-refractivity contribution in [3.63, 3.8) is 0 Å². The topological polar surface area (TPSA) is 84.2 Å². The van der Waals surface area contributed by atoms with Crippen LogP contribution in [0.15, 0.2) is 48.5 Å². The zero-order valence-electron chi connectivity index (χ0n) is 21.7. The van der Waals surface area contributed by atoms with Crippen molar-refractivity contribution in [3.8, 4) is 11.1 Å². The lowest BCUT2D eigenvalue weighted by atomic mass is 9.98. The van der Waals surface area contributed by atoms with Gasteiger partial charge in [0.2, 0.25) is 5.91 Å². The van der Waals surface area contributed by atoms with Crippen molar-refractivity contribution in [3.05, 3.63) is 76.3 Å². The number of imidazole rings is 1. The second kappa shape index (κ2) is 13.7. The van der Waals surface area contributed by atoms with Gasteiger partial charge in [0.1, 0.15) is 5.82 Å². The maximum atomic E-state index is 12.8. The Morgan fingerprint density at radius 1 is 1.14 bits per heavy atom. The highest BCUT2D eigenvalue weighted by atomic mass is 35.5.